The molecule has 4 heteroatoms. The molecule has 2 saturated carbocycles. The fourth-order valence-electron chi connectivity index (χ4n) is 4.44. The van der Waals surface area contributed by atoms with E-state index in [2.05, 4.69) is 17.6 Å². The molecule has 2 fully saturated rings. The van der Waals surface area contributed by atoms with Gasteiger partial charge in [-0.05, 0) is 56.1 Å². The van der Waals surface area contributed by atoms with Crippen LogP contribution in [0.5, 0.6) is 0 Å². The maximum Gasteiger partial charge on any atom is 0.160 e. The van der Waals surface area contributed by atoms with E-state index >= 15 is 0 Å². The van der Waals surface area contributed by atoms with Gasteiger partial charge in [0.15, 0.2) is 5.65 Å². The summed E-state index contributed by atoms with van der Waals surface area (Å²) in [4.78, 5) is 9.50. The zero-order chi connectivity index (χ0) is 14.4. The Morgan fingerprint density at radius 3 is 2.86 bits per heavy atom. The van der Waals surface area contributed by atoms with Crippen LogP contribution >= 0.6 is 11.6 Å². The van der Waals surface area contributed by atoms with Gasteiger partial charge < -0.3 is 4.57 Å². The summed E-state index contributed by atoms with van der Waals surface area (Å²) in [6.45, 7) is 3.13. The number of rotatable bonds is 4. The molecular weight excluding hydrogens is 282 g/mol. The molecule has 2 aliphatic carbocycles. The molecular formula is C17H22ClN3. The van der Waals surface area contributed by atoms with Crippen LogP contribution < -0.4 is 0 Å². The lowest BCUT2D eigenvalue weighted by atomic mass is 9.89. The Balaban J connectivity index is 1.71. The Morgan fingerprint density at radius 2 is 2.14 bits per heavy atom. The number of halogens is 1. The van der Waals surface area contributed by atoms with Gasteiger partial charge in [-0.3, -0.25) is 0 Å². The molecule has 0 amide bonds. The number of alkyl halides is 1. The van der Waals surface area contributed by atoms with Gasteiger partial charge >= 0.3 is 0 Å². The minimum atomic E-state index is 0.624. The molecule has 3 nitrogen and oxygen atoms in total. The first-order valence-electron chi connectivity index (χ1n) is 8.13. The summed E-state index contributed by atoms with van der Waals surface area (Å²) in [5, 5.41) is 0. The Hall–Kier alpha value is -1.09. The Bertz CT molecular complexity index is 663. The Kier molecular flexibility index (Phi) is 3.41. The van der Waals surface area contributed by atoms with Gasteiger partial charge in [0.25, 0.3) is 0 Å². The van der Waals surface area contributed by atoms with Crippen LogP contribution in [0.25, 0.3) is 11.2 Å². The van der Waals surface area contributed by atoms with E-state index in [0.717, 1.165) is 53.4 Å². The minimum Gasteiger partial charge on any atom is -0.312 e. The van der Waals surface area contributed by atoms with Crippen LogP contribution in [0, 0.1) is 24.7 Å². The maximum atomic E-state index is 5.97. The van der Waals surface area contributed by atoms with Gasteiger partial charge in [-0.15, -0.1) is 11.6 Å². The number of nitrogens with zero attached hydrogens (tertiary/aromatic N) is 3. The summed E-state index contributed by atoms with van der Waals surface area (Å²) >= 11 is 5.97. The summed E-state index contributed by atoms with van der Waals surface area (Å²) in [5.74, 6) is 4.47. The van der Waals surface area contributed by atoms with Crippen LogP contribution in [-0.2, 0) is 13.0 Å². The predicted molar refractivity (Wildman–Crippen MR) is 85.6 cm³/mol. The molecule has 2 aromatic rings. The molecule has 0 aromatic carbocycles. The van der Waals surface area contributed by atoms with Gasteiger partial charge in [0, 0.05) is 24.5 Å². The lowest BCUT2D eigenvalue weighted by Crippen LogP contribution is -2.19. The van der Waals surface area contributed by atoms with E-state index < -0.39 is 0 Å². The van der Waals surface area contributed by atoms with E-state index in [9.17, 15) is 0 Å². The molecule has 2 aliphatic rings. The topological polar surface area (TPSA) is 30.7 Å². The van der Waals surface area contributed by atoms with Crippen molar-refractivity contribution in [2.75, 3.05) is 5.88 Å². The number of fused-ring (bicyclic) bond motifs is 3. The lowest BCUT2D eigenvalue weighted by molar-refractivity contribution is 0.295. The molecule has 4 rings (SSSR count). The van der Waals surface area contributed by atoms with Crippen LogP contribution in [0.15, 0.2) is 12.1 Å². The first kappa shape index (κ1) is 13.6. The van der Waals surface area contributed by atoms with Crippen molar-refractivity contribution in [3.8, 4) is 0 Å². The molecule has 0 radical (unpaired) electrons. The first-order chi connectivity index (χ1) is 10.2. The zero-order valence-electron chi connectivity index (χ0n) is 12.6. The average molecular weight is 304 g/mol. The molecule has 3 unspecified atom stereocenters. The van der Waals surface area contributed by atoms with E-state index in [0.29, 0.717) is 5.88 Å². The molecule has 2 heterocycles. The molecule has 0 N–H and O–H groups in total. The van der Waals surface area contributed by atoms with Crippen LogP contribution in [0.2, 0.25) is 0 Å². The van der Waals surface area contributed by atoms with Crippen molar-refractivity contribution in [2.45, 2.75) is 45.6 Å². The van der Waals surface area contributed by atoms with Crippen molar-refractivity contribution < 1.29 is 0 Å². The lowest BCUT2D eigenvalue weighted by Gasteiger charge is -2.23. The van der Waals surface area contributed by atoms with Crippen molar-refractivity contribution in [2.24, 2.45) is 17.8 Å². The van der Waals surface area contributed by atoms with Crippen LogP contribution in [-0.4, -0.2) is 20.4 Å². The second-order valence-corrected chi connectivity index (χ2v) is 7.19. The number of aromatic nitrogens is 3. The number of imidazole rings is 1. The van der Waals surface area contributed by atoms with Crippen LogP contribution in [0.1, 0.15) is 37.2 Å². The zero-order valence-corrected chi connectivity index (χ0v) is 13.3. The highest BCUT2D eigenvalue weighted by atomic mass is 35.5. The number of hydrogen-bond acceptors (Lipinski definition) is 2. The molecule has 0 saturated heterocycles. The number of hydrogen-bond donors (Lipinski definition) is 0. The van der Waals surface area contributed by atoms with Crippen molar-refractivity contribution in [1.29, 1.82) is 0 Å². The van der Waals surface area contributed by atoms with Gasteiger partial charge in [0.2, 0.25) is 0 Å². The van der Waals surface area contributed by atoms with E-state index in [1.807, 2.05) is 6.07 Å². The summed E-state index contributed by atoms with van der Waals surface area (Å²) in [6, 6.07) is 4.13. The van der Waals surface area contributed by atoms with Crippen LogP contribution in [0.3, 0.4) is 0 Å². The highest BCUT2D eigenvalue weighted by molar-refractivity contribution is 6.17. The third-order valence-electron chi connectivity index (χ3n) is 5.43. The molecule has 2 bridgehead atoms. The van der Waals surface area contributed by atoms with E-state index in [1.54, 1.807) is 0 Å². The minimum absolute atomic E-state index is 0.624. The molecule has 2 aromatic heterocycles. The third-order valence-corrected chi connectivity index (χ3v) is 5.62. The molecule has 0 spiro atoms. The summed E-state index contributed by atoms with van der Waals surface area (Å²) in [5.41, 5.74) is 3.13. The smallest absolute Gasteiger partial charge is 0.160 e. The highest BCUT2D eigenvalue weighted by Crippen LogP contribution is 2.49. The summed E-state index contributed by atoms with van der Waals surface area (Å²) in [6.07, 6.45) is 6.57. The third kappa shape index (κ3) is 2.36. The standard InChI is InChI=1S/C17H22ClN3/c1-11-2-5-15-17(19-11)21(16(20-15)6-7-18)10-14-9-12-3-4-13(14)8-12/h2,5,12-14H,3-4,6-10H2,1H3. The Morgan fingerprint density at radius 1 is 1.24 bits per heavy atom. The van der Waals surface area contributed by atoms with Gasteiger partial charge in [-0.1, -0.05) is 6.42 Å². The summed E-state index contributed by atoms with van der Waals surface area (Å²) < 4.78 is 2.36. The van der Waals surface area contributed by atoms with Gasteiger partial charge in [0.1, 0.15) is 11.3 Å². The normalized spacial score (nSPS) is 27.8. The van der Waals surface area contributed by atoms with Gasteiger partial charge in [-0.2, -0.15) is 0 Å². The Labute approximate surface area is 130 Å². The van der Waals surface area contributed by atoms with Crippen molar-refractivity contribution in [1.82, 2.24) is 14.5 Å². The second kappa shape index (κ2) is 5.28. The van der Waals surface area contributed by atoms with Crippen LogP contribution in [0.4, 0.5) is 0 Å². The van der Waals surface area contributed by atoms with E-state index in [4.69, 9.17) is 21.6 Å². The molecule has 21 heavy (non-hydrogen) atoms. The fourth-order valence-corrected chi connectivity index (χ4v) is 4.61. The first-order valence-corrected chi connectivity index (χ1v) is 8.66. The second-order valence-electron chi connectivity index (χ2n) is 6.81. The number of pyridine rings is 1. The van der Waals surface area contributed by atoms with E-state index in [1.165, 1.54) is 25.7 Å². The molecule has 0 aliphatic heterocycles. The van der Waals surface area contributed by atoms with Crippen molar-refractivity contribution >= 4 is 22.8 Å². The average Bonchev–Trinajstić information content (AvgIpc) is 3.15. The van der Waals surface area contributed by atoms with Gasteiger partial charge in [0.05, 0.1) is 0 Å². The monoisotopic (exact) mass is 303 g/mol. The van der Waals surface area contributed by atoms with Crippen molar-refractivity contribution in [3.05, 3.63) is 23.7 Å². The highest BCUT2D eigenvalue weighted by Gasteiger charge is 2.39. The maximum absolute atomic E-state index is 5.97. The largest absolute Gasteiger partial charge is 0.312 e. The molecule has 3 atom stereocenters. The SMILES string of the molecule is Cc1ccc2nc(CCCl)n(CC3CC4CCC3C4)c2n1. The van der Waals surface area contributed by atoms with E-state index in [-0.39, 0.29) is 0 Å². The quantitative estimate of drug-likeness (QED) is 0.801. The molecule has 112 valence electrons. The van der Waals surface area contributed by atoms with Gasteiger partial charge in [-0.25, -0.2) is 9.97 Å². The number of aryl methyl sites for hydroxylation is 2. The van der Waals surface area contributed by atoms with Crippen molar-refractivity contribution in [3.63, 3.8) is 0 Å². The fraction of sp³-hybridized carbons (Fsp3) is 0.647. The predicted octanol–water partition coefficient (Wildman–Crippen LogP) is 3.96. The summed E-state index contributed by atoms with van der Waals surface area (Å²) in [7, 11) is 0.